The highest BCUT2D eigenvalue weighted by Gasteiger charge is 2.30. The van der Waals surface area contributed by atoms with Gasteiger partial charge in [-0.05, 0) is 6.07 Å². The summed E-state index contributed by atoms with van der Waals surface area (Å²) >= 11 is 0. The van der Waals surface area contributed by atoms with E-state index in [1.165, 1.54) is 0 Å². The van der Waals surface area contributed by atoms with Gasteiger partial charge in [0.2, 0.25) is 11.8 Å². The average Bonchev–Trinajstić information content (AvgIpc) is 3.23. The molecule has 0 radical (unpaired) electrons. The molecule has 1 fully saturated rings. The van der Waals surface area contributed by atoms with Crippen LogP contribution in [-0.4, -0.2) is 59.5 Å². The highest BCUT2D eigenvalue weighted by Crippen LogP contribution is 2.19. The molecule has 2 heterocycles. The number of carbonyl (C=O) groups excluding carboxylic acids is 2. The highest BCUT2D eigenvalue weighted by molar-refractivity contribution is 5.88. The van der Waals surface area contributed by atoms with Gasteiger partial charge in [0, 0.05) is 37.6 Å². The number of ether oxygens (including phenoxy) is 1. The molecule has 8 nitrogen and oxygen atoms in total. The molecule has 0 saturated carbocycles. The zero-order valence-electron chi connectivity index (χ0n) is 15.9. The Bertz CT molecular complexity index is 819. The number of hydrogen-bond acceptors (Lipinski definition) is 5. The van der Waals surface area contributed by atoms with E-state index in [1.54, 1.807) is 19.5 Å². The van der Waals surface area contributed by atoms with Crippen molar-refractivity contribution in [3.8, 4) is 5.75 Å². The fraction of sp³-hybridized carbons (Fsp3) is 0.350. The van der Waals surface area contributed by atoms with E-state index in [4.69, 9.17) is 4.74 Å². The lowest BCUT2D eigenvalue weighted by molar-refractivity contribution is -0.133. The summed E-state index contributed by atoms with van der Waals surface area (Å²) in [7, 11) is 1.64. The van der Waals surface area contributed by atoms with Crippen LogP contribution >= 0.6 is 0 Å². The van der Waals surface area contributed by atoms with Gasteiger partial charge < -0.3 is 20.4 Å². The van der Waals surface area contributed by atoms with Crippen molar-refractivity contribution in [3.63, 3.8) is 0 Å². The minimum Gasteiger partial charge on any atom is -0.496 e. The third kappa shape index (κ3) is 5.20. The first-order chi connectivity index (χ1) is 13.7. The molecular weight excluding hydrogens is 358 g/mol. The van der Waals surface area contributed by atoms with Crippen LogP contribution in [0.15, 0.2) is 42.7 Å². The number of nitrogens with one attached hydrogen (secondary N) is 3. The number of piperazine rings is 1. The standard InChI is InChI=1S/C20H25N5O3/c1-28-17-7-3-2-5-15(17)6-4-11-25-12-10-23-20(27)16(25)13-19(26)24-14-18-21-8-9-22-18/h2-9,16H,10-14H2,1H3,(H,21,22)(H,23,27)(H,24,26)/b6-4+/t16-/m1/s1. The minimum atomic E-state index is -0.493. The Hall–Kier alpha value is -3.13. The average molecular weight is 383 g/mol. The monoisotopic (exact) mass is 383 g/mol. The van der Waals surface area contributed by atoms with Crippen LogP contribution in [0.1, 0.15) is 17.8 Å². The fourth-order valence-corrected chi connectivity index (χ4v) is 3.15. The van der Waals surface area contributed by atoms with Gasteiger partial charge in [-0.3, -0.25) is 14.5 Å². The first kappa shape index (κ1) is 19.6. The molecule has 1 aliphatic heterocycles. The Labute approximate surface area is 164 Å². The third-order valence-electron chi connectivity index (χ3n) is 4.60. The van der Waals surface area contributed by atoms with Crippen LogP contribution in [0.5, 0.6) is 5.75 Å². The van der Waals surface area contributed by atoms with Crippen molar-refractivity contribution in [1.29, 1.82) is 0 Å². The van der Waals surface area contributed by atoms with Gasteiger partial charge in [0.25, 0.3) is 0 Å². The number of imidazole rings is 1. The molecule has 2 aromatic rings. The van der Waals surface area contributed by atoms with E-state index in [0.29, 0.717) is 32.0 Å². The van der Waals surface area contributed by atoms with E-state index in [-0.39, 0.29) is 18.2 Å². The number of benzene rings is 1. The summed E-state index contributed by atoms with van der Waals surface area (Å²) < 4.78 is 5.35. The van der Waals surface area contributed by atoms with Crippen LogP contribution < -0.4 is 15.4 Å². The molecule has 3 rings (SSSR count). The van der Waals surface area contributed by atoms with Crippen LogP contribution in [-0.2, 0) is 16.1 Å². The Balaban J connectivity index is 1.57. The molecule has 3 N–H and O–H groups in total. The number of carbonyl (C=O) groups is 2. The van der Waals surface area contributed by atoms with E-state index in [2.05, 4.69) is 20.6 Å². The van der Waals surface area contributed by atoms with Gasteiger partial charge in [-0.25, -0.2) is 4.98 Å². The number of aromatic amines is 1. The Morgan fingerprint density at radius 2 is 2.29 bits per heavy atom. The molecular formula is C20H25N5O3. The third-order valence-corrected chi connectivity index (χ3v) is 4.60. The lowest BCUT2D eigenvalue weighted by Gasteiger charge is -2.33. The number of rotatable bonds is 8. The van der Waals surface area contributed by atoms with E-state index in [9.17, 15) is 9.59 Å². The summed E-state index contributed by atoms with van der Waals surface area (Å²) in [6.07, 6.45) is 7.40. The van der Waals surface area contributed by atoms with Gasteiger partial charge in [0.15, 0.2) is 0 Å². The lowest BCUT2D eigenvalue weighted by Crippen LogP contribution is -2.56. The smallest absolute Gasteiger partial charge is 0.237 e. The number of methoxy groups -OCH3 is 1. The van der Waals surface area contributed by atoms with Gasteiger partial charge in [-0.2, -0.15) is 0 Å². The molecule has 28 heavy (non-hydrogen) atoms. The van der Waals surface area contributed by atoms with Crippen molar-refractivity contribution >= 4 is 17.9 Å². The number of aromatic nitrogens is 2. The Morgan fingerprint density at radius 1 is 1.43 bits per heavy atom. The maximum atomic E-state index is 12.3. The van der Waals surface area contributed by atoms with E-state index >= 15 is 0 Å². The van der Waals surface area contributed by atoms with Crippen LogP contribution in [0, 0.1) is 0 Å². The summed E-state index contributed by atoms with van der Waals surface area (Å²) in [5.74, 6) is 1.17. The normalized spacial score (nSPS) is 17.5. The molecule has 0 unspecified atom stereocenters. The molecule has 0 aliphatic carbocycles. The fourth-order valence-electron chi connectivity index (χ4n) is 3.15. The largest absolute Gasteiger partial charge is 0.496 e. The van der Waals surface area contributed by atoms with E-state index in [0.717, 1.165) is 11.3 Å². The first-order valence-corrected chi connectivity index (χ1v) is 9.23. The summed E-state index contributed by atoms with van der Waals surface area (Å²) in [5, 5.41) is 5.64. The SMILES string of the molecule is COc1ccccc1/C=C/CN1CCNC(=O)[C@H]1CC(=O)NCc1ncc[nH]1. The zero-order valence-corrected chi connectivity index (χ0v) is 15.9. The summed E-state index contributed by atoms with van der Waals surface area (Å²) in [5.41, 5.74) is 0.971. The number of amides is 2. The quantitative estimate of drug-likeness (QED) is 0.630. The van der Waals surface area contributed by atoms with Crippen molar-refractivity contribution in [2.24, 2.45) is 0 Å². The van der Waals surface area contributed by atoms with Crippen LogP contribution in [0.25, 0.3) is 6.08 Å². The summed E-state index contributed by atoms with van der Waals surface area (Å²) in [4.78, 5) is 33.6. The van der Waals surface area contributed by atoms with E-state index < -0.39 is 6.04 Å². The second kappa shape index (κ2) is 9.70. The second-order valence-corrected chi connectivity index (χ2v) is 6.46. The molecule has 148 valence electrons. The Kier molecular flexibility index (Phi) is 6.80. The van der Waals surface area contributed by atoms with Crippen LogP contribution in [0.3, 0.4) is 0 Å². The van der Waals surface area contributed by atoms with Crippen LogP contribution in [0.2, 0.25) is 0 Å². The van der Waals surface area contributed by atoms with Gasteiger partial charge in [0.1, 0.15) is 11.6 Å². The molecule has 0 bridgehead atoms. The molecule has 1 aliphatic rings. The molecule has 0 spiro atoms. The molecule has 8 heteroatoms. The summed E-state index contributed by atoms with van der Waals surface area (Å²) in [6, 6.07) is 7.25. The van der Waals surface area contributed by atoms with Crippen molar-refractivity contribution in [2.45, 2.75) is 19.0 Å². The second-order valence-electron chi connectivity index (χ2n) is 6.46. The molecule has 1 aromatic carbocycles. The van der Waals surface area contributed by atoms with E-state index in [1.807, 2.05) is 41.3 Å². The zero-order chi connectivity index (χ0) is 19.8. The van der Waals surface area contributed by atoms with Gasteiger partial charge in [-0.15, -0.1) is 0 Å². The predicted molar refractivity (Wildman–Crippen MR) is 105 cm³/mol. The van der Waals surface area contributed by atoms with Crippen LogP contribution in [0.4, 0.5) is 0 Å². The number of hydrogen-bond donors (Lipinski definition) is 3. The maximum Gasteiger partial charge on any atom is 0.237 e. The van der Waals surface area contributed by atoms with Gasteiger partial charge in [-0.1, -0.05) is 30.4 Å². The molecule has 1 atom stereocenters. The maximum absolute atomic E-state index is 12.3. The number of nitrogens with zero attached hydrogens (tertiary/aromatic N) is 2. The highest BCUT2D eigenvalue weighted by atomic mass is 16.5. The van der Waals surface area contributed by atoms with Crippen molar-refractivity contribution in [3.05, 3.63) is 54.1 Å². The van der Waals surface area contributed by atoms with Crippen molar-refractivity contribution < 1.29 is 14.3 Å². The molecule has 2 amide bonds. The predicted octanol–water partition coefficient (Wildman–Crippen LogP) is 0.938. The number of H-pyrrole nitrogens is 1. The molecule has 1 saturated heterocycles. The lowest BCUT2D eigenvalue weighted by atomic mass is 10.1. The minimum absolute atomic E-state index is 0.106. The number of para-hydroxylation sites is 1. The summed E-state index contributed by atoms with van der Waals surface area (Å²) in [6.45, 7) is 2.15. The van der Waals surface area contributed by atoms with Gasteiger partial charge >= 0.3 is 0 Å². The van der Waals surface area contributed by atoms with Crippen molar-refractivity contribution in [1.82, 2.24) is 25.5 Å². The molecule has 1 aromatic heterocycles. The topological polar surface area (TPSA) is 99.3 Å². The van der Waals surface area contributed by atoms with Gasteiger partial charge in [0.05, 0.1) is 26.1 Å². The Morgan fingerprint density at radius 3 is 3.07 bits per heavy atom. The van der Waals surface area contributed by atoms with Crippen molar-refractivity contribution in [2.75, 3.05) is 26.7 Å². The first-order valence-electron chi connectivity index (χ1n) is 9.23.